The Morgan fingerprint density at radius 2 is 1.90 bits per heavy atom. The first-order valence-electron chi connectivity index (χ1n) is 7.36. The molecule has 0 heterocycles. The maximum absolute atomic E-state index is 13.9. The molecule has 1 nitrogen and oxygen atoms in total. The fourth-order valence-corrected chi connectivity index (χ4v) is 3.43. The van der Waals surface area contributed by atoms with E-state index in [1.165, 1.54) is 0 Å². The van der Waals surface area contributed by atoms with E-state index in [0.717, 1.165) is 25.7 Å². The number of halogens is 2. The molecule has 0 atom stereocenters. The predicted molar refractivity (Wildman–Crippen MR) is 81.5 cm³/mol. The summed E-state index contributed by atoms with van der Waals surface area (Å²) in [5, 5.41) is 10.8. The van der Waals surface area contributed by atoms with Crippen LogP contribution in [0.4, 0.5) is 4.39 Å². The van der Waals surface area contributed by atoms with Crippen molar-refractivity contribution in [3.05, 3.63) is 34.6 Å². The minimum Gasteiger partial charge on any atom is -0.390 e. The highest BCUT2D eigenvalue weighted by atomic mass is 35.5. The zero-order chi connectivity index (χ0) is 15.0. The van der Waals surface area contributed by atoms with E-state index in [1.807, 2.05) is 0 Å². The predicted octanol–water partition coefficient (Wildman–Crippen LogP) is 4.99. The monoisotopic (exact) mass is 298 g/mol. The molecule has 0 spiro atoms. The standard InChI is InChI=1S/C17H24ClFO/c1-16(2,3)13-7-9-17(20,10-8-13)11-12-5-4-6-14(18)15(12)19/h4-6,13,20H,7-11H2,1-3H3. The van der Waals surface area contributed by atoms with Gasteiger partial charge < -0.3 is 5.11 Å². The first kappa shape index (κ1) is 15.8. The van der Waals surface area contributed by atoms with Crippen LogP contribution >= 0.6 is 11.6 Å². The van der Waals surface area contributed by atoms with E-state index >= 15 is 0 Å². The molecule has 0 aromatic heterocycles. The second-order valence-electron chi connectivity index (χ2n) is 7.25. The van der Waals surface area contributed by atoms with E-state index in [1.54, 1.807) is 18.2 Å². The molecular weight excluding hydrogens is 275 g/mol. The number of hydrogen-bond donors (Lipinski definition) is 1. The highest BCUT2D eigenvalue weighted by Gasteiger charge is 2.37. The quantitative estimate of drug-likeness (QED) is 0.815. The molecule has 1 N–H and O–H groups in total. The largest absolute Gasteiger partial charge is 0.390 e. The second-order valence-corrected chi connectivity index (χ2v) is 7.66. The smallest absolute Gasteiger partial charge is 0.145 e. The third-order valence-electron chi connectivity index (χ3n) is 4.69. The van der Waals surface area contributed by atoms with E-state index in [9.17, 15) is 9.50 Å². The molecule has 0 aliphatic heterocycles. The fourth-order valence-electron chi connectivity index (χ4n) is 3.24. The summed E-state index contributed by atoms with van der Waals surface area (Å²) < 4.78 is 13.9. The van der Waals surface area contributed by atoms with Crippen molar-refractivity contribution in [2.24, 2.45) is 11.3 Å². The van der Waals surface area contributed by atoms with Crippen molar-refractivity contribution >= 4 is 11.6 Å². The van der Waals surface area contributed by atoms with Gasteiger partial charge in [0.05, 0.1) is 10.6 Å². The van der Waals surface area contributed by atoms with Crippen LogP contribution in [-0.4, -0.2) is 10.7 Å². The molecule has 1 aliphatic carbocycles. The molecule has 3 heteroatoms. The van der Waals surface area contributed by atoms with Crippen molar-refractivity contribution in [2.75, 3.05) is 0 Å². The first-order chi connectivity index (χ1) is 9.21. The summed E-state index contributed by atoms with van der Waals surface area (Å²) in [7, 11) is 0. The average Bonchev–Trinajstić information content (AvgIpc) is 2.34. The lowest BCUT2D eigenvalue weighted by molar-refractivity contribution is -0.0250. The lowest BCUT2D eigenvalue weighted by Crippen LogP contribution is -2.39. The summed E-state index contributed by atoms with van der Waals surface area (Å²) in [5.74, 6) is 0.243. The van der Waals surface area contributed by atoms with E-state index in [2.05, 4.69) is 20.8 Å². The van der Waals surface area contributed by atoms with Gasteiger partial charge in [-0.25, -0.2) is 4.39 Å². The van der Waals surface area contributed by atoms with E-state index in [0.29, 0.717) is 17.9 Å². The zero-order valence-corrected chi connectivity index (χ0v) is 13.3. The number of aliphatic hydroxyl groups is 1. The Labute approximate surface area is 126 Å². The molecule has 1 saturated carbocycles. The maximum Gasteiger partial charge on any atom is 0.145 e. The Bertz CT molecular complexity index is 470. The van der Waals surface area contributed by atoms with E-state index < -0.39 is 5.60 Å². The topological polar surface area (TPSA) is 20.2 Å². The Kier molecular flexibility index (Phi) is 4.46. The molecule has 1 aliphatic rings. The van der Waals surface area contributed by atoms with Crippen LogP contribution in [0.1, 0.15) is 52.0 Å². The van der Waals surface area contributed by atoms with Crippen LogP contribution in [0, 0.1) is 17.2 Å². The van der Waals surface area contributed by atoms with Gasteiger partial charge in [-0.2, -0.15) is 0 Å². The van der Waals surface area contributed by atoms with Crippen LogP contribution in [0.15, 0.2) is 18.2 Å². The number of hydrogen-bond acceptors (Lipinski definition) is 1. The molecular formula is C17H24ClFO. The van der Waals surface area contributed by atoms with Gasteiger partial charge in [0.25, 0.3) is 0 Å². The third kappa shape index (κ3) is 3.53. The number of benzene rings is 1. The maximum atomic E-state index is 13.9. The highest BCUT2D eigenvalue weighted by Crippen LogP contribution is 2.42. The lowest BCUT2D eigenvalue weighted by Gasteiger charge is -2.41. The van der Waals surface area contributed by atoms with E-state index in [-0.39, 0.29) is 16.3 Å². The van der Waals surface area contributed by atoms with Gasteiger partial charge in [0, 0.05) is 6.42 Å². The van der Waals surface area contributed by atoms with Gasteiger partial charge in [0.2, 0.25) is 0 Å². The van der Waals surface area contributed by atoms with Crippen LogP contribution in [0.5, 0.6) is 0 Å². The van der Waals surface area contributed by atoms with Gasteiger partial charge in [-0.15, -0.1) is 0 Å². The summed E-state index contributed by atoms with van der Waals surface area (Å²) in [4.78, 5) is 0. The van der Waals surface area contributed by atoms with Crippen molar-refractivity contribution in [3.63, 3.8) is 0 Å². The normalized spacial score (nSPS) is 27.6. The Morgan fingerprint density at radius 3 is 2.45 bits per heavy atom. The van der Waals surface area contributed by atoms with Gasteiger partial charge in [-0.1, -0.05) is 44.5 Å². The SMILES string of the molecule is CC(C)(C)C1CCC(O)(Cc2cccc(Cl)c2F)CC1. The molecule has 0 bridgehead atoms. The van der Waals surface area contributed by atoms with Crippen molar-refractivity contribution in [2.45, 2.75) is 58.5 Å². The van der Waals surface area contributed by atoms with Crippen molar-refractivity contribution < 1.29 is 9.50 Å². The van der Waals surface area contributed by atoms with Gasteiger partial charge >= 0.3 is 0 Å². The van der Waals surface area contributed by atoms with Crippen LogP contribution in [0.3, 0.4) is 0 Å². The summed E-state index contributed by atoms with van der Waals surface area (Å²) in [6, 6.07) is 5.00. The molecule has 2 rings (SSSR count). The minimum atomic E-state index is -0.784. The van der Waals surface area contributed by atoms with Crippen LogP contribution in [0.2, 0.25) is 5.02 Å². The molecule has 1 aromatic rings. The molecule has 0 saturated heterocycles. The molecule has 1 fully saturated rings. The highest BCUT2D eigenvalue weighted by molar-refractivity contribution is 6.30. The Morgan fingerprint density at radius 1 is 1.30 bits per heavy atom. The summed E-state index contributed by atoms with van der Waals surface area (Å²) in [5.41, 5.74) is 0.0184. The molecule has 0 amide bonds. The van der Waals surface area contributed by atoms with Crippen molar-refractivity contribution in [3.8, 4) is 0 Å². The van der Waals surface area contributed by atoms with Crippen molar-refractivity contribution in [1.82, 2.24) is 0 Å². The van der Waals surface area contributed by atoms with Gasteiger partial charge in [0.15, 0.2) is 0 Å². The minimum absolute atomic E-state index is 0.134. The van der Waals surface area contributed by atoms with E-state index in [4.69, 9.17) is 11.6 Å². The molecule has 0 unspecified atom stereocenters. The zero-order valence-electron chi connectivity index (χ0n) is 12.5. The summed E-state index contributed by atoms with van der Waals surface area (Å²) in [6.07, 6.45) is 3.84. The Balaban J connectivity index is 2.05. The van der Waals surface area contributed by atoms with Crippen LogP contribution < -0.4 is 0 Å². The third-order valence-corrected chi connectivity index (χ3v) is 4.98. The molecule has 112 valence electrons. The van der Waals surface area contributed by atoms with Crippen LogP contribution in [0.25, 0.3) is 0 Å². The fraction of sp³-hybridized carbons (Fsp3) is 0.647. The first-order valence-corrected chi connectivity index (χ1v) is 7.74. The van der Waals surface area contributed by atoms with Crippen molar-refractivity contribution in [1.29, 1.82) is 0 Å². The van der Waals surface area contributed by atoms with Gasteiger partial charge in [0.1, 0.15) is 5.82 Å². The van der Waals surface area contributed by atoms with Gasteiger partial charge in [-0.05, 0) is 48.6 Å². The summed E-state index contributed by atoms with van der Waals surface area (Å²) >= 11 is 5.80. The molecule has 1 aromatic carbocycles. The average molecular weight is 299 g/mol. The summed E-state index contributed by atoms with van der Waals surface area (Å²) in [6.45, 7) is 6.75. The van der Waals surface area contributed by atoms with Crippen LogP contribution in [-0.2, 0) is 6.42 Å². The van der Waals surface area contributed by atoms with Gasteiger partial charge in [-0.3, -0.25) is 0 Å². The molecule has 20 heavy (non-hydrogen) atoms. The number of rotatable bonds is 2. The second kappa shape index (κ2) is 5.65. The molecule has 0 radical (unpaired) electrons. The Hall–Kier alpha value is -0.600. The lowest BCUT2D eigenvalue weighted by atomic mass is 9.67.